The van der Waals surface area contributed by atoms with Crippen molar-refractivity contribution in [2.45, 2.75) is 32.6 Å². The molecule has 2 heteroatoms. The third-order valence-electron chi connectivity index (χ3n) is 2.63. The van der Waals surface area contributed by atoms with Gasteiger partial charge in [-0.05, 0) is 42.5 Å². The summed E-state index contributed by atoms with van der Waals surface area (Å²) in [6.45, 7) is 5.11. The van der Waals surface area contributed by atoms with Crippen LogP contribution < -0.4 is 10.5 Å². The number of benzene rings is 1. The van der Waals surface area contributed by atoms with Crippen molar-refractivity contribution in [3.63, 3.8) is 0 Å². The van der Waals surface area contributed by atoms with Crippen molar-refractivity contribution in [2.75, 3.05) is 13.7 Å². The molecule has 0 atom stereocenters. The summed E-state index contributed by atoms with van der Waals surface area (Å²) in [6, 6.07) is 6.47. The van der Waals surface area contributed by atoms with Gasteiger partial charge in [0.1, 0.15) is 5.75 Å². The highest BCUT2D eigenvalue weighted by molar-refractivity contribution is 5.38. The smallest absolute Gasteiger partial charge is 0.122 e. The van der Waals surface area contributed by atoms with E-state index >= 15 is 0 Å². The summed E-state index contributed by atoms with van der Waals surface area (Å²) in [5.41, 5.74) is 8.08. The predicted molar refractivity (Wildman–Crippen MR) is 64.5 cm³/mol. The van der Waals surface area contributed by atoms with Crippen molar-refractivity contribution in [3.05, 3.63) is 29.3 Å². The molecule has 0 aliphatic rings. The van der Waals surface area contributed by atoms with E-state index in [-0.39, 0.29) is 0 Å². The normalized spacial score (nSPS) is 10.7. The summed E-state index contributed by atoms with van der Waals surface area (Å²) >= 11 is 0. The Morgan fingerprint density at radius 2 is 2.07 bits per heavy atom. The molecule has 0 radical (unpaired) electrons. The first kappa shape index (κ1) is 12.1. The van der Waals surface area contributed by atoms with Crippen LogP contribution in [0.5, 0.6) is 5.75 Å². The van der Waals surface area contributed by atoms with Gasteiger partial charge in [-0.1, -0.05) is 26.0 Å². The van der Waals surface area contributed by atoms with E-state index in [0.29, 0.717) is 5.92 Å². The van der Waals surface area contributed by atoms with Crippen LogP contribution in [0.4, 0.5) is 0 Å². The molecule has 1 rings (SSSR count). The number of ether oxygens (including phenoxy) is 1. The van der Waals surface area contributed by atoms with E-state index in [4.69, 9.17) is 10.5 Å². The highest BCUT2D eigenvalue weighted by Crippen LogP contribution is 2.25. The standard InChI is InChI=1S/C13H21NO/c1-10(2)12-7-6-11(5-4-8-14)13(9-12)15-3/h6-7,9-10H,4-5,8,14H2,1-3H3. The zero-order valence-corrected chi connectivity index (χ0v) is 9.92. The molecule has 0 unspecified atom stereocenters. The van der Waals surface area contributed by atoms with Crippen LogP contribution in [0.2, 0.25) is 0 Å². The first-order valence-electron chi connectivity index (χ1n) is 5.56. The minimum Gasteiger partial charge on any atom is -0.496 e. The highest BCUT2D eigenvalue weighted by atomic mass is 16.5. The van der Waals surface area contributed by atoms with Gasteiger partial charge in [-0.15, -0.1) is 0 Å². The first-order valence-corrected chi connectivity index (χ1v) is 5.56. The van der Waals surface area contributed by atoms with Crippen LogP contribution in [0, 0.1) is 0 Å². The molecule has 0 aliphatic heterocycles. The predicted octanol–water partition coefficient (Wildman–Crippen LogP) is 2.71. The number of nitrogens with two attached hydrogens (primary N) is 1. The van der Waals surface area contributed by atoms with Gasteiger partial charge in [-0.3, -0.25) is 0 Å². The van der Waals surface area contributed by atoms with Crippen LogP contribution in [0.1, 0.15) is 37.3 Å². The van der Waals surface area contributed by atoms with E-state index in [2.05, 4.69) is 32.0 Å². The first-order chi connectivity index (χ1) is 7.19. The average molecular weight is 207 g/mol. The van der Waals surface area contributed by atoms with Crippen molar-refractivity contribution in [3.8, 4) is 5.75 Å². The van der Waals surface area contributed by atoms with Gasteiger partial charge in [0.25, 0.3) is 0 Å². The zero-order valence-electron chi connectivity index (χ0n) is 9.92. The quantitative estimate of drug-likeness (QED) is 0.805. The Labute approximate surface area is 92.4 Å². The van der Waals surface area contributed by atoms with Crippen molar-refractivity contribution in [1.29, 1.82) is 0 Å². The van der Waals surface area contributed by atoms with E-state index in [1.165, 1.54) is 11.1 Å². The number of aryl methyl sites for hydroxylation is 1. The molecule has 0 heterocycles. The van der Waals surface area contributed by atoms with Gasteiger partial charge in [-0.25, -0.2) is 0 Å². The van der Waals surface area contributed by atoms with Crippen LogP contribution >= 0.6 is 0 Å². The van der Waals surface area contributed by atoms with E-state index in [1.54, 1.807) is 7.11 Å². The fourth-order valence-electron chi connectivity index (χ4n) is 1.62. The minimum atomic E-state index is 0.544. The van der Waals surface area contributed by atoms with Crippen molar-refractivity contribution >= 4 is 0 Å². The summed E-state index contributed by atoms with van der Waals surface area (Å²) in [4.78, 5) is 0. The van der Waals surface area contributed by atoms with E-state index in [1.807, 2.05) is 0 Å². The fourth-order valence-corrected chi connectivity index (χ4v) is 1.62. The molecule has 1 aromatic rings. The monoisotopic (exact) mass is 207 g/mol. The topological polar surface area (TPSA) is 35.2 Å². The number of rotatable bonds is 5. The van der Waals surface area contributed by atoms with Gasteiger partial charge in [0.05, 0.1) is 7.11 Å². The Kier molecular flexibility index (Phi) is 4.63. The fraction of sp³-hybridized carbons (Fsp3) is 0.538. The van der Waals surface area contributed by atoms with E-state index in [0.717, 1.165) is 25.1 Å². The lowest BCUT2D eigenvalue weighted by atomic mass is 9.99. The maximum atomic E-state index is 5.51. The molecule has 0 aliphatic carbocycles. The molecule has 1 aromatic carbocycles. The van der Waals surface area contributed by atoms with Gasteiger partial charge in [0.2, 0.25) is 0 Å². The largest absolute Gasteiger partial charge is 0.496 e. The third-order valence-corrected chi connectivity index (χ3v) is 2.63. The summed E-state index contributed by atoms with van der Waals surface area (Å²) in [5, 5.41) is 0. The second-order valence-corrected chi connectivity index (χ2v) is 4.12. The summed E-state index contributed by atoms with van der Waals surface area (Å²) < 4.78 is 5.39. The maximum absolute atomic E-state index is 5.51. The van der Waals surface area contributed by atoms with Crippen LogP contribution in [-0.2, 0) is 6.42 Å². The Hall–Kier alpha value is -1.02. The number of hydrogen-bond donors (Lipinski definition) is 1. The van der Waals surface area contributed by atoms with Crippen LogP contribution in [-0.4, -0.2) is 13.7 Å². The van der Waals surface area contributed by atoms with Gasteiger partial charge in [0.15, 0.2) is 0 Å². The molecule has 0 saturated heterocycles. The molecule has 0 aromatic heterocycles. The van der Waals surface area contributed by atoms with Crippen molar-refractivity contribution < 1.29 is 4.74 Å². The number of hydrogen-bond acceptors (Lipinski definition) is 2. The number of methoxy groups -OCH3 is 1. The summed E-state index contributed by atoms with van der Waals surface area (Å²) in [7, 11) is 1.73. The highest BCUT2D eigenvalue weighted by Gasteiger charge is 2.06. The van der Waals surface area contributed by atoms with Crippen molar-refractivity contribution in [2.24, 2.45) is 5.73 Å². The van der Waals surface area contributed by atoms with Gasteiger partial charge in [-0.2, -0.15) is 0 Å². The van der Waals surface area contributed by atoms with Crippen LogP contribution in [0.25, 0.3) is 0 Å². The molecule has 0 saturated carbocycles. The molecule has 84 valence electrons. The lowest BCUT2D eigenvalue weighted by Crippen LogP contribution is -2.02. The van der Waals surface area contributed by atoms with Crippen LogP contribution in [0.3, 0.4) is 0 Å². The SMILES string of the molecule is COc1cc(C(C)C)ccc1CCCN. The molecule has 0 spiro atoms. The van der Waals surface area contributed by atoms with Gasteiger partial charge in [0, 0.05) is 0 Å². The Morgan fingerprint density at radius 1 is 1.33 bits per heavy atom. The molecule has 15 heavy (non-hydrogen) atoms. The second kappa shape index (κ2) is 5.76. The minimum absolute atomic E-state index is 0.544. The molecule has 0 amide bonds. The third kappa shape index (κ3) is 3.24. The molecular formula is C13H21NO. The maximum Gasteiger partial charge on any atom is 0.122 e. The van der Waals surface area contributed by atoms with E-state index in [9.17, 15) is 0 Å². The Bertz CT molecular complexity index is 307. The summed E-state index contributed by atoms with van der Waals surface area (Å²) in [5.74, 6) is 1.54. The lowest BCUT2D eigenvalue weighted by molar-refractivity contribution is 0.408. The second-order valence-electron chi connectivity index (χ2n) is 4.12. The molecule has 0 fully saturated rings. The molecule has 0 bridgehead atoms. The average Bonchev–Trinajstić information content (AvgIpc) is 2.25. The molecule has 2 nitrogen and oxygen atoms in total. The summed E-state index contributed by atoms with van der Waals surface area (Å²) in [6.07, 6.45) is 2.01. The zero-order chi connectivity index (χ0) is 11.3. The molecular weight excluding hydrogens is 186 g/mol. The lowest BCUT2D eigenvalue weighted by Gasteiger charge is -2.12. The van der Waals surface area contributed by atoms with Gasteiger partial charge >= 0.3 is 0 Å². The Morgan fingerprint density at radius 3 is 2.60 bits per heavy atom. The molecule has 2 N–H and O–H groups in total. The van der Waals surface area contributed by atoms with Crippen LogP contribution in [0.15, 0.2) is 18.2 Å². The van der Waals surface area contributed by atoms with E-state index < -0.39 is 0 Å². The Balaban J connectivity index is 2.88. The van der Waals surface area contributed by atoms with Gasteiger partial charge < -0.3 is 10.5 Å². The van der Waals surface area contributed by atoms with Crippen molar-refractivity contribution in [1.82, 2.24) is 0 Å².